The normalized spacial score (nSPS) is 13.3. The largest absolute Gasteiger partial charge is 0.480 e. The number of hydrogen-bond donors (Lipinski definition) is 4. The fourth-order valence-corrected chi connectivity index (χ4v) is 0.776. The Bertz CT molecular complexity index is 235. The van der Waals surface area contributed by atoms with Crippen molar-refractivity contribution in [2.75, 3.05) is 13.2 Å². The number of rotatable bonds is 5. The molecule has 0 unspecified atom stereocenters. The summed E-state index contributed by atoms with van der Waals surface area (Å²) >= 11 is 0. The van der Waals surface area contributed by atoms with Crippen molar-refractivity contribution >= 4 is 11.9 Å². The Balaban J connectivity index is 3.98. The van der Waals surface area contributed by atoms with Gasteiger partial charge in [-0.3, -0.25) is 4.79 Å². The van der Waals surface area contributed by atoms with E-state index in [1.165, 1.54) is 0 Å². The molecule has 0 aliphatic carbocycles. The Labute approximate surface area is 88.7 Å². The molecule has 0 aromatic heterocycles. The number of nitrogens with one attached hydrogen (secondary N) is 2. The van der Waals surface area contributed by atoms with Crippen LogP contribution in [0.4, 0.5) is 0 Å². The summed E-state index contributed by atoms with van der Waals surface area (Å²) in [6, 6.07) is -1.24. The van der Waals surface area contributed by atoms with E-state index in [2.05, 4.69) is 10.6 Å². The third-order valence-corrected chi connectivity index (χ3v) is 1.60. The van der Waals surface area contributed by atoms with Crippen molar-refractivity contribution in [1.29, 1.82) is 0 Å². The number of aliphatic hydroxyl groups is 1. The third kappa shape index (κ3) is 6.87. The van der Waals surface area contributed by atoms with Gasteiger partial charge >= 0.3 is 5.97 Å². The van der Waals surface area contributed by atoms with Gasteiger partial charge in [-0.1, -0.05) is 0 Å². The lowest BCUT2D eigenvalue weighted by molar-refractivity contribution is -0.142. The predicted molar refractivity (Wildman–Crippen MR) is 54.4 cm³/mol. The minimum Gasteiger partial charge on any atom is -0.480 e. The van der Waals surface area contributed by atoms with E-state index in [1.807, 2.05) is 20.8 Å². The zero-order chi connectivity index (χ0) is 12.1. The van der Waals surface area contributed by atoms with Crippen molar-refractivity contribution in [2.24, 2.45) is 0 Å². The van der Waals surface area contributed by atoms with Crippen LogP contribution in [0.2, 0.25) is 0 Å². The van der Waals surface area contributed by atoms with Crippen LogP contribution in [-0.2, 0) is 9.59 Å². The molecule has 0 saturated carbocycles. The summed E-state index contributed by atoms with van der Waals surface area (Å²) in [5, 5.41) is 22.3. The van der Waals surface area contributed by atoms with Gasteiger partial charge in [0.15, 0.2) is 0 Å². The lowest BCUT2D eigenvalue weighted by atomic mass is 10.1. The number of carboxylic acid groups (broad SMARTS) is 1. The number of aliphatic carboxylic acids is 1. The Morgan fingerprint density at radius 3 is 2.20 bits per heavy atom. The Hall–Kier alpha value is -1.14. The second-order valence-electron chi connectivity index (χ2n) is 4.24. The molecule has 0 aliphatic rings. The van der Waals surface area contributed by atoms with Gasteiger partial charge in [-0.25, -0.2) is 4.79 Å². The van der Waals surface area contributed by atoms with E-state index in [0.29, 0.717) is 0 Å². The first-order chi connectivity index (χ1) is 6.76. The highest BCUT2D eigenvalue weighted by Gasteiger charge is 2.19. The highest BCUT2D eigenvalue weighted by molar-refractivity contribution is 5.84. The molecule has 0 fully saturated rings. The molecule has 4 N–H and O–H groups in total. The highest BCUT2D eigenvalue weighted by Crippen LogP contribution is 1.96. The molecular weight excluding hydrogens is 200 g/mol. The van der Waals surface area contributed by atoms with E-state index in [-0.39, 0.29) is 12.1 Å². The molecule has 1 amide bonds. The van der Waals surface area contributed by atoms with Crippen molar-refractivity contribution in [3.63, 3.8) is 0 Å². The summed E-state index contributed by atoms with van der Waals surface area (Å²) in [7, 11) is 0. The quantitative estimate of drug-likeness (QED) is 0.471. The van der Waals surface area contributed by atoms with Gasteiger partial charge < -0.3 is 20.8 Å². The standard InChI is InChI=1S/C9H18N2O4/c1-9(2,3)10-4-7(13)11-6(5-12)8(14)15/h6,10,12H,4-5H2,1-3H3,(H,11,13)(H,14,15)/t6-/m0/s1. The van der Waals surface area contributed by atoms with Crippen LogP contribution < -0.4 is 10.6 Å². The molecule has 0 aliphatic heterocycles. The molecule has 6 nitrogen and oxygen atoms in total. The summed E-state index contributed by atoms with van der Waals surface area (Å²) in [5.74, 6) is -1.70. The summed E-state index contributed by atoms with van der Waals surface area (Å²) in [6.45, 7) is 5.08. The molecule has 0 bridgehead atoms. The molecule has 0 aromatic rings. The van der Waals surface area contributed by atoms with E-state index in [4.69, 9.17) is 10.2 Å². The van der Waals surface area contributed by atoms with Gasteiger partial charge in [-0.2, -0.15) is 0 Å². The van der Waals surface area contributed by atoms with Gasteiger partial charge in [0, 0.05) is 5.54 Å². The number of carbonyl (C=O) groups excluding carboxylic acids is 1. The topological polar surface area (TPSA) is 98.7 Å². The molecule has 0 saturated heterocycles. The predicted octanol–water partition coefficient (Wildman–Crippen LogP) is -1.06. The van der Waals surface area contributed by atoms with Gasteiger partial charge in [0.2, 0.25) is 5.91 Å². The first-order valence-corrected chi connectivity index (χ1v) is 4.64. The van der Waals surface area contributed by atoms with E-state index < -0.39 is 24.5 Å². The average molecular weight is 218 g/mol. The van der Waals surface area contributed by atoms with Crippen LogP contribution in [0.1, 0.15) is 20.8 Å². The molecule has 15 heavy (non-hydrogen) atoms. The Kier molecular flexibility index (Phi) is 5.24. The van der Waals surface area contributed by atoms with E-state index in [9.17, 15) is 9.59 Å². The van der Waals surface area contributed by atoms with Gasteiger partial charge in [0.05, 0.1) is 13.2 Å². The monoisotopic (exact) mass is 218 g/mol. The Morgan fingerprint density at radius 1 is 1.33 bits per heavy atom. The molecule has 0 aromatic carbocycles. The second-order valence-corrected chi connectivity index (χ2v) is 4.24. The maximum absolute atomic E-state index is 11.2. The fourth-order valence-electron chi connectivity index (χ4n) is 0.776. The maximum atomic E-state index is 11.2. The number of hydrogen-bond acceptors (Lipinski definition) is 4. The van der Waals surface area contributed by atoms with Gasteiger partial charge in [0.25, 0.3) is 0 Å². The Morgan fingerprint density at radius 2 is 1.87 bits per heavy atom. The number of carbonyl (C=O) groups is 2. The van der Waals surface area contributed by atoms with Gasteiger partial charge in [-0.15, -0.1) is 0 Å². The van der Waals surface area contributed by atoms with Crippen molar-refractivity contribution < 1.29 is 19.8 Å². The minimum atomic E-state index is -1.25. The highest BCUT2D eigenvalue weighted by atomic mass is 16.4. The smallest absolute Gasteiger partial charge is 0.328 e. The van der Waals surface area contributed by atoms with Crippen LogP contribution >= 0.6 is 0 Å². The van der Waals surface area contributed by atoms with Crippen LogP contribution in [0.3, 0.4) is 0 Å². The number of amides is 1. The van der Waals surface area contributed by atoms with Crippen molar-refractivity contribution in [1.82, 2.24) is 10.6 Å². The molecular formula is C9H18N2O4. The van der Waals surface area contributed by atoms with Crippen LogP contribution in [0.15, 0.2) is 0 Å². The zero-order valence-electron chi connectivity index (χ0n) is 9.20. The van der Waals surface area contributed by atoms with E-state index in [0.717, 1.165) is 0 Å². The lowest BCUT2D eigenvalue weighted by Crippen LogP contribution is -2.49. The molecule has 0 heterocycles. The van der Waals surface area contributed by atoms with Crippen LogP contribution in [0.5, 0.6) is 0 Å². The maximum Gasteiger partial charge on any atom is 0.328 e. The minimum absolute atomic E-state index is 0.0211. The molecule has 88 valence electrons. The van der Waals surface area contributed by atoms with Crippen molar-refractivity contribution in [3.8, 4) is 0 Å². The van der Waals surface area contributed by atoms with Gasteiger partial charge in [-0.05, 0) is 20.8 Å². The average Bonchev–Trinajstić information content (AvgIpc) is 2.09. The molecule has 0 spiro atoms. The first kappa shape index (κ1) is 13.9. The second kappa shape index (κ2) is 5.67. The molecule has 0 rings (SSSR count). The fraction of sp³-hybridized carbons (Fsp3) is 0.778. The van der Waals surface area contributed by atoms with Crippen molar-refractivity contribution in [2.45, 2.75) is 32.4 Å². The summed E-state index contributed by atoms with van der Waals surface area (Å²) in [6.07, 6.45) is 0. The third-order valence-electron chi connectivity index (χ3n) is 1.60. The zero-order valence-corrected chi connectivity index (χ0v) is 9.20. The first-order valence-electron chi connectivity index (χ1n) is 4.64. The number of carboxylic acids is 1. The van der Waals surface area contributed by atoms with Crippen molar-refractivity contribution in [3.05, 3.63) is 0 Å². The molecule has 1 atom stereocenters. The van der Waals surface area contributed by atoms with Crippen LogP contribution in [0, 0.1) is 0 Å². The van der Waals surface area contributed by atoms with Gasteiger partial charge in [0.1, 0.15) is 6.04 Å². The lowest BCUT2D eigenvalue weighted by Gasteiger charge is -2.20. The molecule has 0 radical (unpaired) electrons. The SMILES string of the molecule is CC(C)(C)NCC(=O)N[C@@H](CO)C(=O)O. The number of aliphatic hydroxyl groups excluding tert-OH is 1. The summed E-state index contributed by atoms with van der Waals surface area (Å²) in [4.78, 5) is 21.7. The summed E-state index contributed by atoms with van der Waals surface area (Å²) < 4.78 is 0. The van der Waals surface area contributed by atoms with E-state index >= 15 is 0 Å². The molecule has 6 heteroatoms. The van der Waals surface area contributed by atoms with Crippen LogP contribution in [0.25, 0.3) is 0 Å². The van der Waals surface area contributed by atoms with E-state index in [1.54, 1.807) is 0 Å². The van der Waals surface area contributed by atoms with Crippen LogP contribution in [-0.4, -0.2) is 46.8 Å². The summed E-state index contributed by atoms with van der Waals surface area (Å²) in [5.41, 5.74) is -0.213.